The first-order valence-corrected chi connectivity index (χ1v) is 7.89. The molecule has 6 heteroatoms. The summed E-state index contributed by atoms with van der Waals surface area (Å²) in [6.07, 6.45) is 0. The lowest BCUT2D eigenvalue weighted by atomic mass is 10.2. The highest BCUT2D eigenvalue weighted by Crippen LogP contribution is 2.24. The van der Waals surface area contributed by atoms with Crippen molar-refractivity contribution in [3.05, 3.63) is 51.6 Å². The number of anilines is 3. The Balaban J connectivity index is 2.28. The minimum atomic E-state index is -0.397. The molecule has 0 amide bonds. The van der Waals surface area contributed by atoms with E-state index < -0.39 is 5.82 Å². The second-order valence-electron chi connectivity index (χ2n) is 6.35. The third kappa shape index (κ3) is 4.14. The summed E-state index contributed by atoms with van der Waals surface area (Å²) in [5.74, 6) is 0.346. The smallest absolute Gasteiger partial charge is 0.257 e. The van der Waals surface area contributed by atoms with Crippen LogP contribution in [-0.2, 0) is 18.4 Å². The zero-order chi connectivity index (χ0) is 17.9. The molecule has 0 saturated carbocycles. The van der Waals surface area contributed by atoms with Crippen LogP contribution in [0.5, 0.6) is 0 Å². The van der Waals surface area contributed by atoms with E-state index in [1.54, 1.807) is 25.2 Å². The van der Waals surface area contributed by atoms with Crippen molar-refractivity contribution in [2.75, 3.05) is 17.7 Å². The summed E-state index contributed by atoms with van der Waals surface area (Å²) in [4.78, 5) is 12.4. The Morgan fingerprint density at radius 2 is 2.04 bits per heavy atom. The number of aryl methyl sites for hydroxylation is 1. The fourth-order valence-electron chi connectivity index (χ4n) is 2.34. The van der Waals surface area contributed by atoms with Gasteiger partial charge in [-0.2, -0.15) is 0 Å². The second kappa shape index (κ2) is 7.49. The molecule has 0 aliphatic carbocycles. The van der Waals surface area contributed by atoms with Crippen molar-refractivity contribution in [3.8, 4) is 0 Å². The van der Waals surface area contributed by atoms with Crippen molar-refractivity contribution in [1.29, 1.82) is 0 Å². The molecule has 1 aromatic heterocycles. The van der Waals surface area contributed by atoms with Gasteiger partial charge in [0, 0.05) is 19.2 Å². The zero-order valence-electron chi connectivity index (χ0n) is 14.5. The summed E-state index contributed by atoms with van der Waals surface area (Å²) < 4.78 is 20.9. The van der Waals surface area contributed by atoms with E-state index in [0.717, 1.165) is 5.56 Å². The summed E-state index contributed by atoms with van der Waals surface area (Å²) >= 11 is 0. The summed E-state index contributed by atoms with van der Waals surface area (Å²) in [5.41, 5.74) is 7.76. The molecular formula is C18H24FN3O2. The molecule has 2 rings (SSSR count). The van der Waals surface area contributed by atoms with E-state index in [1.165, 1.54) is 10.6 Å². The largest absolute Gasteiger partial charge is 0.396 e. The van der Waals surface area contributed by atoms with Crippen LogP contribution in [0.25, 0.3) is 0 Å². The maximum Gasteiger partial charge on any atom is 0.257 e. The predicted octanol–water partition coefficient (Wildman–Crippen LogP) is 3.33. The number of aromatic nitrogens is 1. The maximum absolute atomic E-state index is 14.0. The highest BCUT2D eigenvalue weighted by atomic mass is 19.1. The van der Waals surface area contributed by atoms with Crippen molar-refractivity contribution < 1.29 is 9.13 Å². The van der Waals surface area contributed by atoms with Crippen LogP contribution < -0.4 is 16.6 Å². The number of rotatable bonds is 6. The van der Waals surface area contributed by atoms with Gasteiger partial charge in [0.2, 0.25) is 0 Å². The van der Waals surface area contributed by atoms with Crippen LogP contribution in [0.3, 0.4) is 0 Å². The molecule has 1 heterocycles. The molecule has 24 heavy (non-hydrogen) atoms. The lowest BCUT2D eigenvalue weighted by Gasteiger charge is -2.16. The van der Waals surface area contributed by atoms with E-state index in [1.807, 2.05) is 20.8 Å². The van der Waals surface area contributed by atoms with Crippen molar-refractivity contribution in [2.45, 2.75) is 27.4 Å². The van der Waals surface area contributed by atoms with Gasteiger partial charge in [0.05, 0.1) is 18.0 Å². The molecule has 130 valence electrons. The van der Waals surface area contributed by atoms with Crippen LogP contribution in [0, 0.1) is 18.7 Å². The molecule has 3 N–H and O–H groups in total. The Kier molecular flexibility index (Phi) is 5.62. The van der Waals surface area contributed by atoms with Crippen LogP contribution in [0.1, 0.15) is 25.0 Å². The standard InChI is InChI=1S/C18H24FN3O2/c1-11(2)9-24-10-13-8-15(20)17(22(4)18(13)23)21-16-6-5-12(3)7-14(16)19/h5-8,11,21H,9-10,20H2,1-4H3. The van der Waals surface area contributed by atoms with E-state index in [2.05, 4.69) is 5.32 Å². The average Bonchev–Trinajstić information content (AvgIpc) is 2.50. The molecule has 0 radical (unpaired) electrons. The van der Waals surface area contributed by atoms with E-state index in [4.69, 9.17) is 10.5 Å². The van der Waals surface area contributed by atoms with E-state index in [0.29, 0.717) is 29.6 Å². The Bertz CT molecular complexity index is 785. The Hall–Kier alpha value is -2.34. The number of nitrogens with one attached hydrogen (secondary N) is 1. The first-order valence-electron chi connectivity index (χ1n) is 7.89. The quantitative estimate of drug-likeness (QED) is 0.851. The number of halogens is 1. The van der Waals surface area contributed by atoms with Gasteiger partial charge >= 0.3 is 0 Å². The van der Waals surface area contributed by atoms with Crippen molar-refractivity contribution in [2.24, 2.45) is 13.0 Å². The number of nitrogen functional groups attached to an aromatic ring is 1. The van der Waals surface area contributed by atoms with E-state index >= 15 is 0 Å². The second-order valence-corrected chi connectivity index (χ2v) is 6.35. The molecule has 0 atom stereocenters. The van der Waals surface area contributed by atoms with Crippen LogP contribution >= 0.6 is 0 Å². The van der Waals surface area contributed by atoms with Gasteiger partial charge in [-0.25, -0.2) is 4.39 Å². The van der Waals surface area contributed by atoms with Crippen LogP contribution in [0.15, 0.2) is 29.1 Å². The third-order valence-electron chi connectivity index (χ3n) is 3.60. The van der Waals surface area contributed by atoms with Gasteiger partial charge in [0.1, 0.15) is 11.6 Å². The molecule has 0 spiro atoms. The predicted molar refractivity (Wildman–Crippen MR) is 95.0 cm³/mol. The van der Waals surface area contributed by atoms with Gasteiger partial charge in [-0.05, 0) is 36.6 Å². The van der Waals surface area contributed by atoms with Gasteiger partial charge in [-0.15, -0.1) is 0 Å². The molecule has 0 unspecified atom stereocenters. The third-order valence-corrected chi connectivity index (χ3v) is 3.60. The fourth-order valence-corrected chi connectivity index (χ4v) is 2.34. The van der Waals surface area contributed by atoms with Crippen LogP contribution in [0.2, 0.25) is 0 Å². The molecule has 0 bridgehead atoms. The van der Waals surface area contributed by atoms with Crippen molar-refractivity contribution >= 4 is 17.2 Å². The molecule has 0 saturated heterocycles. The Morgan fingerprint density at radius 3 is 2.67 bits per heavy atom. The number of hydrogen-bond acceptors (Lipinski definition) is 4. The fraction of sp³-hybridized carbons (Fsp3) is 0.389. The van der Waals surface area contributed by atoms with Crippen LogP contribution in [-0.4, -0.2) is 11.2 Å². The normalized spacial score (nSPS) is 11.1. The number of hydrogen-bond donors (Lipinski definition) is 2. The number of benzene rings is 1. The summed E-state index contributed by atoms with van der Waals surface area (Å²) in [6, 6.07) is 6.41. The van der Waals surface area contributed by atoms with Crippen molar-refractivity contribution in [3.63, 3.8) is 0 Å². The minimum Gasteiger partial charge on any atom is -0.396 e. The van der Waals surface area contributed by atoms with E-state index in [9.17, 15) is 9.18 Å². The summed E-state index contributed by atoms with van der Waals surface area (Å²) in [6.45, 7) is 6.65. The van der Waals surface area contributed by atoms with Gasteiger partial charge in [0.25, 0.3) is 5.56 Å². The zero-order valence-corrected chi connectivity index (χ0v) is 14.5. The molecule has 0 aliphatic heterocycles. The Morgan fingerprint density at radius 1 is 1.33 bits per heavy atom. The molecule has 1 aromatic carbocycles. The van der Waals surface area contributed by atoms with Crippen LogP contribution in [0.4, 0.5) is 21.6 Å². The van der Waals surface area contributed by atoms with Gasteiger partial charge < -0.3 is 15.8 Å². The van der Waals surface area contributed by atoms with Gasteiger partial charge in [0.15, 0.2) is 0 Å². The summed E-state index contributed by atoms with van der Waals surface area (Å²) in [7, 11) is 1.60. The minimum absolute atomic E-state index is 0.203. The Labute approximate surface area is 141 Å². The summed E-state index contributed by atoms with van der Waals surface area (Å²) in [5, 5.41) is 2.90. The SMILES string of the molecule is Cc1ccc(Nc2c(N)cc(COCC(C)C)c(=O)n2C)c(F)c1. The lowest BCUT2D eigenvalue weighted by Crippen LogP contribution is -2.25. The van der Waals surface area contributed by atoms with Gasteiger partial charge in [-0.1, -0.05) is 19.9 Å². The molecular weight excluding hydrogens is 309 g/mol. The maximum atomic E-state index is 14.0. The number of nitrogens with zero attached hydrogens (tertiary/aromatic N) is 1. The molecule has 2 aromatic rings. The number of pyridine rings is 1. The van der Waals surface area contributed by atoms with E-state index in [-0.39, 0.29) is 17.9 Å². The molecule has 5 nitrogen and oxygen atoms in total. The monoisotopic (exact) mass is 333 g/mol. The lowest BCUT2D eigenvalue weighted by molar-refractivity contribution is 0.0962. The highest BCUT2D eigenvalue weighted by molar-refractivity contribution is 5.70. The topological polar surface area (TPSA) is 69.3 Å². The molecule has 0 aliphatic rings. The molecule has 0 fully saturated rings. The highest BCUT2D eigenvalue weighted by Gasteiger charge is 2.13. The number of nitrogens with two attached hydrogens (primary N) is 1. The number of ether oxygens (including phenoxy) is 1. The first kappa shape index (κ1) is 18.0. The van der Waals surface area contributed by atoms with Crippen molar-refractivity contribution in [1.82, 2.24) is 4.57 Å². The van der Waals surface area contributed by atoms with Gasteiger partial charge in [-0.3, -0.25) is 9.36 Å². The first-order chi connectivity index (χ1) is 11.3. The average molecular weight is 333 g/mol.